The number of phenols is 1. The zero-order valence-electron chi connectivity index (χ0n) is 18.4. The van der Waals surface area contributed by atoms with Crippen LogP contribution in [0, 0.1) is 17.3 Å². The molecule has 0 aromatic heterocycles. The molecule has 3 aliphatic carbocycles. The minimum Gasteiger partial charge on any atom is -0.504 e. The van der Waals surface area contributed by atoms with Crippen LogP contribution in [0.25, 0.3) is 0 Å². The van der Waals surface area contributed by atoms with Crippen LogP contribution in [0.1, 0.15) is 56.1 Å². The number of carbonyl (C=O) groups excluding carboxylic acids is 1. The number of aliphatic hydroxyl groups excluding tert-OH is 3. The summed E-state index contributed by atoms with van der Waals surface area (Å²) >= 11 is 0. The third-order valence-electron chi connectivity index (χ3n) is 8.61. The van der Waals surface area contributed by atoms with E-state index in [9.17, 15) is 35.1 Å². The number of benzene rings is 1. The molecule has 2 saturated carbocycles. The van der Waals surface area contributed by atoms with Gasteiger partial charge in [0.25, 0.3) is 0 Å². The Labute approximate surface area is 190 Å². The molecule has 1 aromatic rings. The fourth-order valence-electron chi connectivity index (χ4n) is 6.77. The van der Waals surface area contributed by atoms with Gasteiger partial charge in [-0.2, -0.15) is 0 Å². The number of fused-ring (bicyclic) bond motifs is 5. The van der Waals surface area contributed by atoms with Gasteiger partial charge in [-0.25, -0.2) is 4.79 Å². The summed E-state index contributed by atoms with van der Waals surface area (Å²) in [6, 6.07) is 3.45. The number of hydrogen-bond donors (Lipinski definition) is 5. The highest BCUT2D eigenvalue weighted by atomic mass is 16.7. The largest absolute Gasteiger partial charge is 0.504 e. The molecular formula is C24H30O9. The number of rotatable bonds is 3. The van der Waals surface area contributed by atoms with Gasteiger partial charge in [0.15, 0.2) is 17.6 Å². The van der Waals surface area contributed by atoms with E-state index in [2.05, 4.69) is 6.92 Å². The summed E-state index contributed by atoms with van der Waals surface area (Å²) in [4.78, 5) is 23.8. The number of hydrogen-bond acceptors (Lipinski definition) is 8. The lowest BCUT2D eigenvalue weighted by atomic mass is 9.55. The summed E-state index contributed by atoms with van der Waals surface area (Å²) in [5, 5.41) is 50.3. The molecule has 9 heteroatoms. The van der Waals surface area contributed by atoms with Crippen molar-refractivity contribution >= 4 is 11.8 Å². The van der Waals surface area contributed by atoms with E-state index in [0.717, 1.165) is 36.8 Å². The van der Waals surface area contributed by atoms with Crippen molar-refractivity contribution in [1.82, 2.24) is 0 Å². The molecule has 0 radical (unpaired) electrons. The van der Waals surface area contributed by atoms with Gasteiger partial charge < -0.3 is 35.0 Å². The van der Waals surface area contributed by atoms with Gasteiger partial charge in [0.05, 0.1) is 0 Å². The van der Waals surface area contributed by atoms with E-state index in [4.69, 9.17) is 9.47 Å². The number of phenolic OH excluding ortho intramolecular Hbond substituents is 1. The first kappa shape index (κ1) is 22.6. The summed E-state index contributed by atoms with van der Waals surface area (Å²) in [6.45, 7) is 2.11. The van der Waals surface area contributed by atoms with Crippen LogP contribution in [0.2, 0.25) is 0 Å². The standard InChI is InChI=1S/C24H30O9/c1-24-9-8-11-10-4-6-15(32-23-20(29)18(27)19(28)21(33-23)22(30)31)17(26)13(10)3-2-12(11)14(24)5-7-16(24)25/h4,6,11-12,14,18-21,23,26-29H,2-3,5,7-9H2,1H3,(H,30,31)/t11-,12-,14+,18+,19+,20-,21+,23?,24+/m1/s1. The molecule has 9 nitrogen and oxygen atoms in total. The van der Waals surface area contributed by atoms with E-state index in [1.54, 1.807) is 6.07 Å². The van der Waals surface area contributed by atoms with Gasteiger partial charge in [0.1, 0.15) is 24.1 Å². The molecule has 3 fully saturated rings. The smallest absolute Gasteiger partial charge is 0.335 e. The van der Waals surface area contributed by atoms with Crippen molar-refractivity contribution in [2.75, 3.05) is 0 Å². The summed E-state index contributed by atoms with van der Waals surface area (Å²) in [6.07, 6.45) is -3.88. The van der Waals surface area contributed by atoms with Crippen LogP contribution >= 0.6 is 0 Å². The molecule has 1 unspecified atom stereocenters. The Morgan fingerprint density at radius 1 is 1.09 bits per heavy atom. The van der Waals surface area contributed by atoms with Gasteiger partial charge in [-0.15, -0.1) is 0 Å². The Hall–Kier alpha value is -2.20. The average molecular weight is 462 g/mol. The van der Waals surface area contributed by atoms with Crippen molar-refractivity contribution < 1.29 is 44.6 Å². The molecular weight excluding hydrogens is 432 g/mol. The van der Waals surface area contributed by atoms with Crippen molar-refractivity contribution in [3.8, 4) is 11.5 Å². The van der Waals surface area contributed by atoms with Crippen LogP contribution in [0.5, 0.6) is 11.5 Å². The number of aliphatic hydroxyl groups is 3. The van der Waals surface area contributed by atoms with Gasteiger partial charge in [0.2, 0.25) is 6.29 Å². The molecule has 4 aliphatic rings. The summed E-state index contributed by atoms with van der Waals surface area (Å²) in [5.41, 5.74) is 1.56. The summed E-state index contributed by atoms with van der Waals surface area (Å²) < 4.78 is 10.8. The van der Waals surface area contributed by atoms with Gasteiger partial charge in [-0.1, -0.05) is 13.0 Å². The summed E-state index contributed by atoms with van der Waals surface area (Å²) in [7, 11) is 0. The number of carboxylic acid groups (broad SMARTS) is 1. The third kappa shape index (κ3) is 3.36. The van der Waals surface area contributed by atoms with Crippen molar-refractivity contribution in [3.63, 3.8) is 0 Å². The Bertz CT molecular complexity index is 977. The predicted molar refractivity (Wildman–Crippen MR) is 113 cm³/mol. The molecule has 1 heterocycles. The highest BCUT2D eigenvalue weighted by Crippen LogP contribution is 2.60. The average Bonchev–Trinajstić information content (AvgIpc) is 3.09. The predicted octanol–water partition coefficient (Wildman–Crippen LogP) is 1.09. The first-order valence-electron chi connectivity index (χ1n) is 11.6. The van der Waals surface area contributed by atoms with E-state index in [1.807, 2.05) is 6.07 Å². The highest BCUT2D eigenvalue weighted by molar-refractivity contribution is 5.87. The van der Waals surface area contributed by atoms with E-state index in [-0.39, 0.29) is 22.8 Å². The fraction of sp³-hybridized carbons (Fsp3) is 0.667. The second-order valence-corrected chi connectivity index (χ2v) is 10.2. The molecule has 1 aliphatic heterocycles. The first-order chi connectivity index (χ1) is 15.6. The molecule has 33 heavy (non-hydrogen) atoms. The van der Waals surface area contributed by atoms with Crippen LogP contribution in [0.15, 0.2) is 12.1 Å². The second kappa shape index (κ2) is 7.94. The maximum Gasteiger partial charge on any atom is 0.335 e. The van der Waals surface area contributed by atoms with Gasteiger partial charge in [-0.3, -0.25) is 4.79 Å². The molecule has 5 rings (SSSR count). The normalized spacial score (nSPS) is 42.2. The second-order valence-electron chi connectivity index (χ2n) is 10.2. The number of aromatic hydroxyl groups is 1. The van der Waals surface area contributed by atoms with E-state index in [0.29, 0.717) is 30.5 Å². The van der Waals surface area contributed by atoms with Crippen LogP contribution in [0.3, 0.4) is 0 Å². The van der Waals surface area contributed by atoms with E-state index in [1.165, 1.54) is 0 Å². The monoisotopic (exact) mass is 462 g/mol. The van der Waals surface area contributed by atoms with Gasteiger partial charge >= 0.3 is 5.97 Å². The molecule has 1 aromatic carbocycles. The van der Waals surface area contributed by atoms with Crippen LogP contribution in [-0.2, 0) is 20.7 Å². The van der Waals surface area contributed by atoms with E-state index >= 15 is 0 Å². The zero-order chi connectivity index (χ0) is 23.7. The SMILES string of the molecule is C[C@]12CC[C@@H]3c4ccc(OC5O[C@H](C(=O)O)[C@@H](O)[C@H](O)[C@H]5O)c(O)c4CC[C@H]3[C@@H]1CCC2=O. The molecule has 180 valence electrons. The molecule has 0 bridgehead atoms. The topological polar surface area (TPSA) is 154 Å². The number of Topliss-reactive ketones (excluding diaryl/α,β-unsaturated/α-hetero) is 1. The Kier molecular flexibility index (Phi) is 5.43. The zero-order valence-corrected chi connectivity index (χ0v) is 18.4. The quantitative estimate of drug-likeness (QED) is 0.444. The Morgan fingerprint density at radius 3 is 2.58 bits per heavy atom. The maximum absolute atomic E-state index is 12.5. The lowest BCUT2D eigenvalue weighted by Crippen LogP contribution is -2.61. The van der Waals surface area contributed by atoms with E-state index < -0.39 is 36.7 Å². The fourth-order valence-corrected chi connectivity index (χ4v) is 6.77. The van der Waals surface area contributed by atoms with Crippen LogP contribution in [0.4, 0.5) is 0 Å². The number of aliphatic carboxylic acids is 1. The van der Waals surface area contributed by atoms with Crippen LogP contribution in [-0.4, -0.2) is 68.0 Å². The van der Waals surface area contributed by atoms with Crippen LogP contribution < -0.4 is 4.74 Å². The minimum atomic E-state index is -1.81. The number of carboxylic acids is 1. The van der Waals surface area contributed by atoms with Gasteiger partial charge in [-0.05, 0) is 61.5 Å². The van der Waals surface area contributed by atoms with Crippen molar-refractivity contribution in [2.45, 2.75) is 82.1 Å². The third-order valence-corrected chi connectivity index (χ3v) is 8.61. The molecule has 0 amide bonds. The Balaban J connectivity index is 1.39. The van der Waals surface area contributed by atoms with Crippen molar-refractivity contribution in [3.05, 3.63) is 23.3 Å². The molecule has 5 N–H and O–H groups in total. The molecule has 0 spiro atoms. The number of ether oxygens (including phenoxy) is 2. The molecule has 1 saturated heterocycles. The van der Waals surface area contributed by atoms with Crippen molar-refractivity contribution in [1.29, 1.82) is 0 Å². The van der Waals surface area contributed by atoms with Gasteiger partial charge in [0, 0.05) is 17.4 Å². The van der Waals surface area contributed by atoms with Crippen molar-refractivity contribution in [2.24, 2.45) is 17.3 Å². The first-order valence-corrected chi connectivity index (χ1v) is 11.6. The Morgan fingerprint density at radius 2 is 1.85 bits per heavy atom. The highest BCUT2D eigenvalue weighted by Gasteiger charge is 2.55. The maximum atomic E-state index is 12.5. The molecule has 9 atom stereocenters. The number of carbonyl (C=O) groups is 2. The lowest BCUT2D eigenvalue weighted by molar-refractivity contribution is -0.271. The minimum absolute atomic E-state index is 0.0145. The lowest BCUT2D eigenvalue weighted by Gasteiger charge is -2.48. The summed E-state index contributed by atoms with van der Waals surface area (Å²) in [5.74, 6) is -0.195. The number of ketones is 1.